The Bertz CT molecular complexity index is 489. The Morgan fingerprint density at radius 1 is 1.35 bits per heavy atom. The van der Waals surface area contributed by atoms with Crippen molar-refractivity contribution >= 4 is 5.69 Å². The molecular formula is C16H24FN3. The van der Waals surface area contributed by atoms with Crippen molar-refractivity contribution in [2.75, 3.05) is 18.0 Å². The molecule has 0 aromatic heterocycles. The van der Waals surface area contributed by atoms with Crippen molar-refractivity contribution in [1.29, 1.82) is 5.26 Å². The minimum absolute atomic E-state index is 0.231. The van der Waals surface area contributed by atoms with Crippen LogP contribution in [0.15, 0.2) is 12.1 Å². The summed E-state index contributed by atoms with van der Waals surface area (Å²) in [5, 5.41) is 8.81. The number of benzene rings is 1. The van der Waals surface area contributed by atoms with Crippen molar-refractivity contribution in [3.8, 4) is 6.07 Å². The molecule has 20 heavy (non-hydrogen) atoms. The third-order valence-electron chi connectivity index (χ3n) is 3.22. The summed E-state index contributed by atoms with van der Waals surface area (Å²) in [4.78, 5) is 2.14. The zero-order valence-electron chi connectivity index (χ0n) is 12.8. The maximum Gasteiger partial charge on any atom is 0.126 e. The Labute approximate surface area is 121 Å². The predicted molar refractivity (Wildman–Crippen MR) is 81.0 cm³/mol. The second-order valence-electron chi connectivity index (χ2n) is 5.70. The molecule has 0 radical (unpaired) electrons. The average molecular weight is 277 g/mol. The van der Waals surface area contributed by atoms with E-state index in [-0.39, 0.29) is 11.9 Å². The zero-order chi connectivity index (χ0) is 15.3. The predicted octanol–water partition coefficient (Wildman–Crippen LogP) is 3.53. The Morgan fingerprint density at radius 3 is 2.50 bits per heavy atom. The van der Waals surface area contributed by atoms with Gasteiger partial charge in [0.1, 0.15) is 5.82 Å². The highest BCUT2D eigenvalue weighted by Crippen LogP contribution is 2.29. The number of hydrogen-bond donors (Lipinski definition) is 1. The standard InChI is InChI=1S/C16H24FN3/c1-11(2)10-20(7-5-6-18)16-8-12(3)15(17)9-14(16)13(4)19/h8-9,11,13H,5,7,10,19H2,1-4H3/t13-/m1/s1. The van der Waals surface area contributed by atoms with Crippen LogP contribution in [0.2, 0.25) is 0 Å². The number of rotatable bonds is 6. The summed E-state index contributed by atoms with van der Waals surface area (Å²) in [6.45, 7) is 9.32. The summed E-state index contributed by atoms with van der Waals surface area (Å²) in [7, 11) is 0. The van der Waals surface area contributed by atoms with Gasteiger partial charge in [0, 0.05) is 24.8 Å². The zero-order valence-corrected chi connectivity index (χ0v) is 12.8. The van der Waals surface area contributed by atoms with Crippen molar-refractivity contribution in [3.05, 3.63) is 29.1 Å². The molecule has 4 heteroatoms. The third-order valence-corrected chi connectivity index (χ3v) is 3.22. The molecule has 0 amide bonds. The van der Waals surface area contributed by atoms with Crippen LogP contribution in [0, 0.1) is 30.0 Å². The van der Waals surface area contributed by atoms with Crippen LogP contribution in [0.4, 0.5) is 10.1 Å². The van der Waals surface area contributed by atoms with E-state index in [0.29, 0.717) is 24.4 Å². The van der Waals surface area contributed by atoms with Gasteiger partial charge in [0.2, 0.25) is 0 Å². The van der Waals surface area contributed by atoms with Crippen LogP contribution in [0.25, 0.3) is 0 Å². The summed E-state index contributed by atoms with van der Waals surface area (Å²) in [5.41, 5.74) is 8.32. The van der Waals surface area contributed by atoms with Crippen molar-refractivity contribution in [1.82, 2.24) is 0 Å². The van der Waals surface area contributed by atoms with E-state index >= 15 is 0 Å². The van der Waals surface area contributed by atoms with E-state index in [1.54, 1.807) is 6.92 Å². The topological polar surface area (TPSA) is 53.0 Å². The van der Waals surface area contributed by atoms with E-state index in [4.69, 9.17) is 11.0 Å². The first-order chi connectivity index (χ1) is 9.36. The summed E-state index contributed by atoms with van der Waals surface area (Å²) in [5.74, 6) is 0.228. The van der Waals surface area contributed by atoms with Gasteiger partial charge in [-0.1, -0.05) is 13.8 Å². The maximum absolute atomic E-state index is 13.8. The number of anilines is 1. The molecule has 0 fully saturated rings. The molecule has 110 valence electrons. The van der Waals surface area contributed by atoms with Crippen LogP contribution in [0.1, 0.15) is 44.4 Å². The molecule has 2 N–H and O–H groups in total. The highest BCUT2D eigenvalue weighted by atomic mass is 19.1. The van der Waals surface area contributed by atoms with Gasteiger partial charge in [-0.3, -0.25) is 0 Å². The third kappa shape index (κ3) is 4.21. The van der Waals surface area contributed by atoms with Crippen LogP contribution >= 0.6 is 0 Å². The van der Waals surface area contributed by atoms with Gasteiger partial charge in [0.15, 0.2) is 0 Å². The fourth-order valence-corrected chi connectivity index (χ4v) is 2.26. The second-order valence-corrected chi connectivity index (χ2v) is 5.70. The van der Waals surface area contributed by atoms with E-state index in [1.807, 2.05) is 13.0 Å². The first kappa shape index (κ1) is 16.5. The van der Waals surface area contributed by atoms with Crippen LogP contribution < -0.4 is 10.6 Å². The lowest BCUT2D eigenvalue weighted by Crippen LogP contribution is -2.30. The molecule has 0 saturated carbocycles. The van der Waals surface area contributed by atoms with Gasteiger partial charge in [-0.25, -0.2) is 4.39 Å². The Balaban J connectivity index is 3.22. The first-order valence-corrected chi connectivity index (χ1v) is 7.04. The second kappa shape index (κ2) is 7.25. The summed E-state index contributed by atoms with van der Waals surface area (Å²) < 4.78 is 13.8. The molecule has 0 saturated heterocycles. The molecule has 1 atom stereocenters. The molecule has 1 rings (SSSR count). The molecule has 0 spiro atoms. The summed E-state index contributed by atoms with van der Waals surface area (Å²) in [6.07, 6.45) is 0.446. The number of nitriles is 1. The smallest absolute Gasteiger partial charge is 0.126 e. The van der Waals surface area contributed by atoms with Gasteiger partial charge >= 0.3 is 0 Å². The molecule has 3 nitrogen and oxygen atoms in total. The summed E-state index contributed by atoms with van der Waals surface area (Å²) in [6, 6.07) is 5.29. The molecule has 0 aliphatic carbocycles. The van der Waals surface area contributed by atoms with Crippen molar-refractivity contribution in [2.45, 2.75) is 40.2 Å². The van der Waals surface area contributed by atoms with Gasteiger partial charge in [-0.2, -0.15) is 5.26 Å². The maximum atomic E-state index is 13.8. The van der Waals surface area contributed by atoms with Crippen molar-refractivity contribution in [3.63, 3.8) is 0 Å². The highest BCUT2D eigenvalue weighted by molar-refractivity contribution is 5.57. The molecule has 1 aromatic rings. The Morgan fingerprint density at radius 2 is 2.00 bits per heavy atom. The summed E-state index contributed by atoms with van der Waals surface area (Å²) >= 11 is 0. The average Bonchev–Trinajstić information content (AvgIpc) is 2.36. The molecule has 0 unspecified atom stereocenters. The van der Waals surface area contributed by atoms with Crippen LogP contribution in [0.3, 0.4) is 0 Å². The number of halogens is 1. The van der Waals surface area contributed by atoms with E-state index in [1.165, 1.54) is 6.07 Å². The van der Waals surface area contributed by atoms with Gasteiger partial charge < -0.3 is 10.6 Å². The Hall–Kier alpha value is -1.60. The first-order valence-electron chi connectivity index (χ1n) is 7.04. The van der Waals surface area contributed by atoms with E-state index < -0.39 is 0 Å². The normalized spacial score (nSPS) is 12.3. The van der Waals surface area contributed by atoms with Crippen molar-refractivity contribution in [2.24, 2.45) is 11.7 Å². The van der Waals surface area contributed by atoms with Crippen LogP contribution in [0.5, 0.6) is 0 Å². The minimum atomic E-state index is -0.239. The van der Waals surface area contributed by atoms with Gasteiger partial charge in [-0.15, -0.1) is 0 Å². The minimum Gasteiger partial charge on any atom is -0.370 e. The number of aryl methyl sites for hydroxylation is 1. The molecule has 0 aliphatic rings. The van der Waals surface area contributed by atoms with E-state index in [0.717, 1.165) is 17.8 Å². The van der Waals surface area contributed by atoms with Gasteiger partial charge in [-0.05, 0) is 43.0 Å². The SMILES string of the molecule is Cc1cc(N(CCC#N)CC(C)C)c([C@@H](C)N)cc1F. The van der Waals surface area contributed by atoms with Crippen LogP contribution in [-0.4, -0.2) is 13.1 Å². The largest absolute Gasteiger partial charge is 0.370 e. The molecule has 0 aliphatic heterocycles. The molecule has 0 heterocycles. The van der Waals surface area contributed by atoms with Crippen LogP contribution in [-0.2, 0) is 0 Å². The fourth-order valence-electron chi connectivity index (χ4n) is 2.26. The quantitative estimate of drug-likeness (QED) is 0.865. The number of nitrogens with zero attached hydrogens (tertiary/aromatic N) is 2. The fraction of sp³-hybridized carbons (Fsp3) is 0.562. The lowest BCUT2D eigenvalue weighted by Gasteiger charge is -2.29. The number of nitrogens with two attached hydrogens (primary N) is 1. The van der Waals surface area contributed by atoms with E-state index in [2.05, 4.69) is 24.8 Å². The van der Waals surface area contributed by atoms with Crippen molar-refractivity contribution < 1.29 is 4.39 Å². The lowest BCUT2D eigenvalue weighted by atomic mass is 10.0. The van der Waals surface area contributed by atoms with Gasteiger partial charge in [0.05, 0.1) is 12.5 Å². The number of hydrogen-bond acceptors (Lipinski definition) is 3. The lowest BCUT2D eigenvalue weighted by molar-refractivity contribution is 0.598. The molecular weight excluding hydrogens is 253 g/mol. The Kier molecular flexibility index (Phi) is 5.97. The highest BCUT2D eigenvalue weighted by Gasteiger charge is 2.17. The molecule has 0 bridgehead atoms. The monoisotopic (exact) mass is 277 g/mol. The molecule has 1 aromatic carbocycles. The van der Waals surface area contributed by atoms with Gasteiger partial charge in [0.25, 0.3) is 0 Å². The van der Waals surface area contributed by atoms with E-state index in [9.17, 15) is 4.39 Å².